The number of amides is 1. The van der Waals surface area contributed by atoms with Gasteiger partial charge in [-0.05, 0) is 36.8 Å². The van der Waals surface area contributed by atoms with Gasteiger partial charge < -0.3 is 19.9 Å². The van der Waals surface area contributed by atoms with E-state index in [4.69, 9.17) is 26.2 Å². The predicted molar refractivity (Wildman–Crippen MR) is 94.0 cm³/mol. The van der Waals surface area contributed by atoms with Crippen molar-refractivity contribution in [2.24, 2.45) is 5.92 Å². The Labute approximate surface area is 154 Å². The molecule has 0 bridgehead atoms. The van der Waals surface area contributed by atoms with Crippen molar-refractivity contribution in [3.8, 4) is 17.0 Å². The molecule has 0 aliphatic carbocycles. The van der Waals surface area contributed by atoms with Crippen LogP contribution < -0.4 is 10.1 Å². The van der Waals surface area contributed by atoms with E-state index in [2.05, 4.69) is 10.3 Å². The summed E-state index contributed by atoms with van der Waals surface area (Å²) in [5.74, 6) is 0.0331. The summed E-state index contributed by atoms with van der Waals surface area (Å²) in [5, 5.41) is 11.7. The van der Waals surface area contributed by atoms with Crippen LogP contribution in [-0.2, 0) is 4.74 Å². The monoisotopic (exact) mass is 380 g/mol. The van der Waals surface area contributed by atoms with Crippen LogP contribution in [-0.4, -0.2) is 42.0 Å². The molecule has 1 aromatic heterocycles. The SMILES string of the molecule is O=C(O)NC1CCOCC1COc1ccc(-c2ncc(Cl)cc2F)cc1. The molecule has 1 aliphatic rings. The first-order valence-corrected chi connectivity index (χ1v) is 8.52. The molecule has 2 aromatic rings. The van der Waals surface area contributed by atoms with Gasteiger partial charge in [0.15, 0.2) is 5.82 Å². The first kappa shape index (κ1) is 18.4. The largest absolute Gasteiger partial charge is 0.493 e. The standard InChI is InChI=1S/C18H18ClFN2O4/c19-13-7-15(20)17(21-8-13)11-1-3-14(4-2-11)26-10-12-9-25-6-5-16(12)22-18(23)24/h1-4,7-8,12,16,22H,5-6,9-10H2,(H,23,24). The molecule has 2 atom stereocenters. The molecule has 138 valence electrons. The van der Waals surface area contributed by atoms with E-state index in [1.807, 2.05) is 0 Å². The summed E-state index contributed by atoms with van der Waals surface area (Å²) in [6, 6.07) is 7.86. The van der Waals surface area contributed by atoms with Crippen LogP contribution in [0.3, 0.4) is 0 Å². The summed E-state index contributed by atoms with van der Waals surface area (Å²) in [7, 11) is 0. The van der Waals surface area contributed by atoms with Crippen molar-refractivity contribution in [1.29, 1.82) is 0 Å². The Morgan fingerprint density at radius 2 is 2.19 bits per heavy atom. The minimum absolute atomic E-state index is 0.0742. The topological polar surface area (TPSA) is 80.7 Å². The third kappa shape index (κ3) is 4.62. The summed E-state index contributed by atoms with van der Waals surface area (Å²) in [5.41, 5.74) is 0.824. The first-order valence-electron chi connectivity index (χ1n) is 8.14. The maximum absolute atomic E-state index is 13.9. The fraction of sp³-hybridized carbons (Fsp3) is 0.333. The van der Waals surface area contributed by atoms with Crippen LogP contribution in [0, 0.1) is 11.7 Å². The summed E-state index contributed by atoms with van der Waals surface area (Å²) < 4.78 is 25.1. The second kappa shape index (κ2) is 8.33. The fourth-order valence-electron chi connectivity index (χ4n) is 2.85. The Bertz CT molecular complexity index is 772. The van der Waals surface area contributed by atoms with Gasteiger partial charge in [0.1, 0.15) is 11.4 Å². The second-order valence-electron chi connectivity index (χ2n) is 6.00. The Balaban J connectivity index is 1.63. The minimum Gasteiger partial charge on any atom is -0.493 e. The zero-order valence-corrected chi connectivity index (χ0v) is 14.6. The number of hydrogen-bond donors (Lipinski definition) is 2. The Hall–Kier alpha value is -2.38. The molecule has 1 aliphatic heterocycles. The lowest BCUT2D eigenvalue weighted by Crippen LogP contribution is -2.47. The highest BCUT2D eigenvalue weighted by atomic mass is 35.5. The summed E-state index contributed by atoms with van der Waals surface area (Å²) in [6.45, 7) is 1.27. The lowest BCUT2D eigenvalue weighted by atomic mass is 9.97. The van der Waals surface area contributed by atoms with E-state index in [1.54, 1.807) is 24.3 Å². The highest BCUT2D eigenvalue weighted by Crippen LogP contribution is 2.25. The van der Waals surface area contributed by atoms with Crippen LogP contribution in [0.15, 0.2) is 36.5 Å². The number of rotatable bonds is 5. The van der Waals surface area contributed by atoms with Crippen LogP contribution in [0.25, 0.3) is 11.3 Å². The number of pyridine rings is 1. The van der Waals surface area contributed by atoms with E-state index >= 15 is 0 Å². The first-order chi connectivity index (χ1) is 12.5. The number of nitrogens with one attached hydrogen (secondary N) is 1. The van der Waals surface area contributed by atoms with Gasteiger partial charge in [-0.25, -0.2) is 9.18 Å². The van der Waals surface area contributed by atoms with Crippen LogP contribution in [0.4, 0.5) is 9.18 Å². The summed E-state index contributed by atoms with van der Waals surface area (Å²) in [6.07, 6.45) is 0.952. The molecule has 0 radical (unpaired) electrons. The van der Waals surface area contributed by atoms with E-state index in [1.165, 1.54) is 12.3 Å². The highest BCUT2D eigenvalue weighted by molar-refractivity contribution is 6.30. The van der Waals surface area contributed by atoms with Crippen molar-refractivity contribution in [3.63, 3.8) is 0 Å². The molecule has 0 spiro atoms. The molecule has 2 N–H and O–H groups in total. The Kier molecular flexibility index (Phi) is 5.90. The molecule has 3 rings (SSSR count). The minimum atomic E-state index is -1.05. The van der Waals surface area contributed by atoms with Crippen molar-refractivity contribution >= 4 is 17.7 Å². The summed E-state index contributed by atoms with van der Waals surface area (Å²) in [4.78, 5) is 14.9. The zero-order chi connectivity index (χ0) is 18.5. The van der Waals surface area contributed by atoms with Crippen LogP contribution >= 0.6 is 11.6 Å². The van der Waals surface area contributed by atoms with E-state index in [0.29, 0.717) is 37.6 Å². The number of hydrogen-bond acceptors (Lipinski definition) is 4. The summed E-state index contributed by atoms with van der Waals surface area (Å²) >= 11 is 5.71. The van der Waals surface area contributed by atoms with Crippen molar-refractivity contribution in [2.45, 2.75) is 12.5 Å². The molecular formula is C18H18ClFN2O4. The molecule has 2 unspecified atom stereocenters. The highest BCUT2D eigenvalue weighted by Gasteiger charge is 2.27. The van der Waals surface area contributed by atoms with Gasteiger partial charge in [0, 0.05) is 30.3 Å². The second-order valence-corrected chi connectivity index (χ2v) is 6.44. The maximum atomic E-state index is 13.9. The number of carbonyl (C=O) groups is 1. The van der Waals surface area contributed by atoms with Gasteiger partial charge >= 0.3 is 6.09 Å². The number of halogens is 2. The average Bonchev–Trinajstić information content (AvgIpc) is 2.61. The lowest BCUT2D eigenvalue weighted by molar-refractivity contribution is 0.0140. The smallest absolute Gasteiger partial charge is 0.404 e. The fourth-order valence-corrected chi connectivity index (χ4v) is 2.99. The molecule has 1 fully saturated rings. The van der Waals surface area contributed by atoms with Crippen molar-refractivity contribution in [1.82, 2.24) is 10.3 Å². The van der Waals surface area contributed by atoms with Gasteiger partial charge in [0.05, 0.1) is 18.2 Å². The number of nitrogens with zero attached hydrogens (tertiary/aromatic N) is 1. The number of ether oxygens (including phenoxy) is 2. The third-order valence-electron chi connectivity index (χ3n) is 4.18. The van der Waals surface area contributed by atoms with Gasteiger partial charge in [0.25, 0.3) is 0 Å². The lowest BCUT2D eigenvalue weighted by Gasteiger charge is -2.31. The molecule has 2 heterocycles. The van der Waals surface area contributed by atoms with E-state index in [-0.39, 0.29) is 22.7 Å². The Morgan fingerprint density at radius 3 is 2.88 bits per heavy atom. The third-order valence-corrected chi connectivity index (χ3v) is 4.39. The molecule has 1 amide bonds. The molecule has 6 nitrogen and oxygen atoms in total. The van der Waals surface area contributed by atoms with Gasteiger partial charge in [-0.15, -0.1) is 0 Å². The van der Waals surface area contributed by atoms with E-state index < -0.39 is 11.9 Å². The predicted octanol–water partition coefficient (Wildman–Crippen LogP) is 3.59. The molecular weight excluding hydrogens is 363 g/mol. The molecule has 1 aromatic carbocycles. The average molecular weight is 381 g/mol. The molecule has 26 heavy (non-hydrogen) atoms. The zero-order valence-electron chi connectivity index (χ0n) is 13.8. The van der Waals surface area contributed by atoms with E-state index in [9.17, 15) is 9.18 Å². The number of aromatic nitrogens is 1. The molecule has 8 heteroatoms. The van der Waals surface area contributed by atoms with E-state index in [0.717, 1.165) is 0 Å². The van der Waals surface area contributed by atoms with Gasteiger partial charge in [-0.1, -0.05) is 11.6 Å². The Morgan fingerprint density at radius 1 is 1.42 bits per heavy atom. The van der Waals surface area contributed by atoms with Gasteiger partial charge in [-0.2, -0.15) is 0 Å². The normalized spacial score (nSPS) is 19.8. The number of benzene rings is 1. The quantitative estimate of drug-likeness (QED) is 0.828. The van der Waals surface area contributed by atoms with Gasteiger partial charge in [0.2, 0.25) is 0 Å². The van der Waals surface area contributed by atoms with Crippen molar-refractivity contribution < 1.29 is 23.8 Å². The van der Waals surface area contributed by atoms with Crippen LogP contribution in [0.2, 0.25) is 5.02 Å². The maximum Gasteiger partial charge on any atom is 0.404 e. The van der Waals surface area contributed by atoms with Crippen molar-refractivity contribution in [3.05, 3.63) is 47.4 Å². The van der Waals surface area contributed by atoms with Crippen LogP contribution in [0.5, 0.6) is 5.75 Å². The molecule has 0 saturated carbocycles. The van der Waals surface area contributed by atoms with Gasteiger partial charge in [-0.3, -0.25) is 4.98 Å². The van der Waals surface area contributed by atoms with Crippen molar-refractivity contribution in [2.75, 3.05) is 19.8 Å². The number of carboxylic acid groups (broad SMARTS) is 1. The van der Waals surface area contributed by atoms with Crippen LogP contribution in [0.1, 0.15) is 6.42 Å². The molecule has 1 saturated heterocycles.